The van der Waals surface area contributed by atoms with Crippen molar-refractivity contribution in [3.05, 3.63) is 58.6 Å². The summed E-state index contributed by atoms with van der Waals surface area (Å²) in [7, 11) is 0. The molecule has 4 rings (SSSR count). The minimum absolute atomic E-state index is 0.0170. The molecule has 0 fully saturated rings. The molecule has 0 aliphatic carbocycles. The van der Waals surface area contributed by atoms with Crippen LogP contribution in [-0.4, -0.2) is 45.3 Å². The molecule has 2 aromatic carbocycles. The summed E-state index contributed by atoms with van der Waals surface area (Å²) in [5.74, 6) is 0.999. The van der Waals surface area contributed by atoms with Gasteiger partial charge in [0.1, 0.15) is 0 Å². The van der Waals surface area contributed by atoms with E-state index < -0.39 is 4.92 Å². The van der Waals surface area contributed by atoms with Gasteiger partial charge < -0.3 is 5.73 Å². The van der Waals surface area contributed by atoms with Crippen molar-refractivity contribution < 1.29 is 4.92 Å². The van der Waals surface area contributed by atoms with Gasteiger partial charge in [0, 0.05) is 28.9 Å². The van der Waals surface area contributed by atoms with Crippen LogP contribution in [-0.2, 0) is 0 Å². The third-order valence-corrected chi connectivity index (χ3v) is 4.24. The van der Waals surface area contributed by atoms with Gasteiger partial charge in [-0.05, 0) is 50.3 Å². The highest BCUT2D eigenvalue weighted by molar-refractivity contribution is 5.60. The lowest BCUT2D eigenvalue weighted by atomic mass is 10.2. The molecule has 0 aliphatic heterocycles. The highest BCUT2D eigenvalue weighted by Crippen LogP contribution is 2.20. The molecule has 166 valence electrons. The van der Waals surface area contributed by atoms with E-state index in [1.165, 1.54) is 16.9 Å². The van der Waals surface area contributed by atoms with Gasteiger partial charge in [-0.1, -0.05) is 24.3 Å². The quantitative estimate of drug-likeness (QED) is 0.281. The molecule has 12 heteroatoms. The fourth-order valence-corrected chi connectivity index (χ4v) is 2.56. The molecule has 12 nitrogen and oxygen atoms in total. The summed E-state index contributed by atoms with van der Waals surface area (Å²) < 4.78 is 0. The third-order valence-electron chi connectivity index (χ3n) is 4.24. The number of hydrogen-bond acceptors (Lipinski definition) is 9. The normalized spacial score (nSPS) is 10.8. The Bertz CT molecular complexity index is 1200. The number of rotatable bonds is 5. The molecule has 0 saturated carbocycles. The van der Waals surface area contributed by atoms with Gasteiger partial charge in [-0.25, -0.2) is 0 Å². The van der Waals surface area contributed by atoms with Gasteiger partial charge in [-0.15, -0.1) is 20.4 Å². The van der Waals surface area contributed by atoms with Crippen LogP contribution in [0, 0.1) is 10.1 Å². The number of anilines is 1. The van der Waals surface area contributed by atoms with Gasteiger partial charge in [0.2, 0.25) is 11.6 Å². The minimum atomic E-state index is -0.448. The molecule has 0 atom stereocenters. The monoisotopic (exact) mass is 436 g/mol. The summed E-state index contributed by atoms with van der Waals surface area (Å²) in [4.78, 5) is 13.2. The molecule has 2 N–H and O–H groups in total. The van der Waals surface area contributed by atoms with Crippen molar-refractivity contribution >= 4 is 11.4 Å². The lowest BCUT2D eigenvalue weighted by molar-refractivity contribution is -0.384. The van der Waals surface area contributed by atoms with E-state index in [0.29, 0.717) is 22.9 Å². The number of nitrogens with zero attached hydrogens (tertiary/aromatic N) is 9. The maximum atomic E-state index is 10.6. The topological polar surface area (TPSA) is 156 Å². The summed E-state index contributed by atoms with van der Waals surface area (Å²) in [6, 6.07) is 14.0. The maximum Gasteiger partial charge on any atom is 0.270 e. The average Bonchev–Trinajstić information content (AvgIpc) is 3.45. The Morgan fingerprint density at radius 1 is 0.844 bits per heavy atom. The van der Waals surface area contributed by atoms with Crippen molar-refractivity contribution in [3.63, 3.8) is 0 Å². The molecule has 0 amide bonds. The van der Waals surface area contributed by atoms with Gasteiger partial charge in [-0.2, -0.15) is 9.59 Å². The van der Waals surface area contributed by atoms with E-state index in [1.807, 2.05) is 52.0 Å². The van der Waals surface area contributed by atoms with Gasteiger partial charge in [-0.3, -0.25) is 10.1 Å². The predicted molar refractivity (Wildman–Crippen MR) is 118 cm³/mol. The van der Waals surface area contributed by atoms with Crippen LogP contribution in [0.15, 0.2) is 48.5 Å². The second kappa shape index (κ2) is 9.73. The zero-order valence-corrected chi connectivity index (χ0v) is 18.2. The van der Waals surface area contributed by atoms with Crippen molar-refractivity contribution in [1.29, 1.82) is 0 Å². The number of nitro groups is 1. The highest BCUT2D eigenvalue weighted by Gasteiger charge is 2.12. The summed E-state index contributed by atoms with van der Waals surface area (Å²) in [5.41, 5.74) is 7.88. The summed E-state index contributed by atoms with van der Waals surface area (Å²) >= 11 is 0. The molecule has 0 spiro atoms. The Balaban J connectivity index is 0.000000182. The molecule has 0 unspecified atom stereocenters. The van der Waals surface area contributed by atoms with Gasteiger partial charge >= 0.3 is 0 Å². The number of nitrogens with two attached hydrogens (primary N) is 1. The van der Waals surface area contributed by atoms with E-state index in [4.69, 9.17) is 5.73 Å². The Morgan fingerprint density at radius 3 is 1.78 bits per heavy atom. The van der Waals surface area contributed by atoms with Crippen LogP contribution in [0.25, 0.3) is 22.8 Å². The molecule has 32 heavy (non-hydrogen) atoms. The summed E-state index contributed by atoms with van der Waals surface area (Å²) in [5, 5.41) is 34.7. The lowest BCUT2D eigenvalue weighted by Gasteiger charge is -1.99. The second-order valence-corrected chi connectivity index (χ2v) is 7.49. The highest BCUT2D eigenvalue weighted by atomic mass is 16.6. The number of hydrogen-bond donors (Lipinski definition) is 1. The van der Waals surface area contributed by atoms with E-state index in [9.17, 15) is 10.1 Å². The van der Waals surface area contributed by atoms with Crippen molar-refractivity contribution in [2.24, 2.45) is 0 Å². The Kier molecular flexibility index (Phi) is 6.83. The van der Waals surface area contributed by atoms with Crippen LogP contribution in [0.4, 0.5) is 11.4 Å². The molecular weight excluding hydrogens is 412 g/mol. The zero-order valence-electron chi connectivity index (χ0n) is 18.2. The SMILES string of the molecule is CC(C)n1nnc(-c2cccc(N)c2)n1.CC(C)n1nnc(-c2cccc([N+](=O)[O-])c2)n1. The van der Waals surface area contributed by atoms with E-state index in [-0.39, 0.29) is 17.8 Å². The smallest absolute Gasteiger partial charge is 0.270 e. The first-order chi connectivity index (χ1) is 15.2. The van der Waals surface area contributed by atoms with Crippen molar-refractivity contribution in [3.8, 4) is 22.8 Å². The van der Waals surface area contributed by atoms with Crippen molar-refractivity contribution in [2.75, 3.05) is 5.73 Å². The largest absolute Gasteiger partial charge is 0.399 e. The van der Waals surface area contributed by atoms with Gasteiger partial charge in [0.05, 0.1) is 17.0 Å². The molecule has 2 heterocycles. The van der Waals surface area contributed by atoms with Crippen LogP contribution in [0.5, 0.6) is 0 Å². The molecule has 4 aromatic rings. The first kappa shape index (κ1) is 22.5. The third kappa shape index (κ3) is 5.47. The van der Waals surface area contributed by atoms with E-state index in [0.717, 1.165) is 5.56 Å². The number of nitrogen functional groups attached to an aromatic ring is 1. The number of non-ortho nitro benzene ring substituents is 1. The van der Waals surface area contributed by atoms with E-state index in [1.54, 1.807) is 16.9 Å². The van der Waals surface area contributed by atoms with Gasteiger partial charge in [0.25, 0.3) is 5.69 Å². The Morgan fingerprint density at radius 2 is 1.34 bits per heavy atom. The molecule has 2 aromatic heterocycles. The first-order valence-electron chi connectivity index (χ1n) is 9.94. The molecular formula is C20H24N10O2. The minimum Gasteiger partial charge on any atom is -0.399 e. The van der Waals surface area contributed by atoms with E-state index in [2.05, 4.69) is 30.8 Å². The molecule has 0 bridgehead atoms. The fourth-order valence-electron chi connectivity index (χ4n) is 2.56. The van der Waals surface area contributed by atoms with Crippen molar-refractivity contribution in [2.45, 2.75) is 39.8 Å². The lowest BCUT2D eigenvalue weighted by Crippen LogP contribution is -2.04. The van der Waals surface area contributed by atoms with Crippen LogP contribution in [0.1, 0.15) is 39.8 Å². The zero-order chi connectivity index (χ0) is 23.3. The Labute approximate surface area is 184 Å². The van der Waals surface area contributed by atoms with E-state index >= 15 is 0 Å². The fraction of sp³-hybridized carbons (Fsp3) is 0.300. The van der Waals surface area contributed by atoms with Crippen LogP contribution >= 0.6 is 0 Å². The van der Waals surface area contributed by atoms with Gasteiger partial charge in [0.15, 0.2) is 0 Å². The summed E-state index contributed by atoms with van der Waals surface area (Å²) in [6.07, 6.45) is 0. The second-order valence-electron chi connectivity index (χ2n) is 7.49. The standard InChI is InChI=1S/C10H11N5O2.C10H13N5/c1-7(2)14-12-10(11-13-14)8-4-3-5-9(6-8)15(16)17;1-7(2)15-13-10(12-14-15)8-4-3-5-9(11)6-8/h3-7H,1-2H3;3-7H,11H2,1-2H3. The number of tetrazole rings is 2. The van der Waals surface area contributed by atoms with Crippen molar-refractivity contribution in [1.82, 2.24) is 40.4 Å². The van der Waals surface area contributed by atoms with Crippen LogP contribution in [0.3, 0.4) is 0 Å². The maximum absolute atomic E-state index is 10.6. The molecule has 0 radical (unpaired) electrons. The number of aromatic nitrogens is 8. The van der Waals surface area contributed by atoms with Crippen LogP contribution < -0.4 is 5.73 Å². The average molecular weight is 436 g/mol. The summed E-state index contributed by atoms with van der Waals surface area (Å²) in [6.45, 7) is 7.87. The first-order valence-corrected chi connectivity index (χ1v) is 9.94. The van der Waals surface area contributed by atoms with Crippen LogP contribution in [0.2, 0.25) is 0 Å². The number of nitro benzene ring substituents is 1. The molecule has 0 aliphatic rings. The number of benzene rings is 2. The predicted octanol–water partition coefficient (Wildman–Crippen LogP) is 3.33. The Hall–Kier alpha value is -4.22. The molecule has 0 saturated heterocycles.